The maximum absolute atomic E-state index is 14.2. The lowest BCUT2D eigenvalue weighted by Gasteiger charge is -2.26. The fourth-order valence-corrected chi connectivity index (χ4v) is 3.92. The number of piperidine rings is 1. The number of anilines is 4. The third-order valence-electron chi connectivity index (χ3n) is 5.60. The van der Waals surface area contributed by atoms with Crippen LogP contribution in [0.5, 0.6) is 5.75 Å². The van der Waals surface area contributed by atoms with Crippen molar-refractivity contribution in [3.63, 3.8) is 0 Å². The number of nitrogen functional groups attached to an aromatic ring is 1. The topological polar surface area (TPSA) is 99.3 Å². The van der Waals surface area contributed by atoms with Gasteiger partial charge >= 0.3 is 0 Å². The lowest BCUT2D eigenvalue weighted by Crippen LogP contribution is -2.33. The molecule has 1 aromatic heterocycles. The molecular formula is C24H29FN6O. The molecule has 4 rings (SSSR count). The fraction of sp³-hybridized carbons (Fsp3) is 0.333. The highest BCUT2D eigenvalue weighted by Crippen LogP contribution is 2.33. The lowest BCUT2D eigenvalue weighted by atomic mass is 10.1. The van der Waals surface area contributed by atoms with E-state index < -0.39 is 0 Å². The van der Waals surface area contributed by atoms with Crippen LogP contribution in [-0.2, 0) is 0 Å². The number of nitrogens with two attached hydrogens (primary N) is 1. The minimum absolute atomic E-state index is 0.0531. The van der Waals surface area contributed by atoms with Gasteiger partial charge in [0.05, 0.1) is 11.4 Å². The van der Waals surface area contributed by atoms with Crippen LogP contribution < -0.4 is 16.4 Å². The van der Waals surface area contributed by atoms with Crippen LogP contribution in [0.4, 0.5) is 27.5 Å². The van der Waals surface area contributed by atoms with Gasteiger partial charge < -0.3 is 26.4 Å². The van der Waals surface area contributed by atoms with Crippen LogP contribution in [0.15, 0.2) is 42.5 Å². The first-order valence-corrected chi connectivity index (χ1v) is 11.0. The highest BCUT2D eigenvalue weighted by molar-refractivity contribution is 5.75. The monoisotopic (exact) mass is 436 g/mol. The summed E-state index contributed by atoms with van der Waals surface area (Å²) in [7, 11) is 0. The Balaban J connectivity index is 1.51. The molecular weight excluding hydrogens is 407 g/mol. The summed E-state index contributed by atoms with van der Waals surface area (Å²) in [6.07, 6.45) is 3.81. The van der Waals surface area contributed by atoms with E-state index in [1.54, 1.807) is 30.3 Å². The highest BCUT2D eigenvalue weighted by atomic mass is 19.1. The fourth-order valence-electron chi connectivity index (χ4n) is 3.92. The van der Waals surface area contributed by atoms with Gasteiger partial charge in [-0.15, -0.1) is 0 Å². The molecule has 1 saturated heterocycles. The van der Waals surface area contributed by atoms with Crippen molar-refractivity contribution in [1.82, 2.24) is 14.9 Å². The van der Waals surface area contributed by atoms with E-state index in [0.717, 1.165) is 31.7 Å². The van der Waals surface area contributed by atoms with Gasteiger partial charge in [0.2, 0.25) is 5.95 Å². The molecule has 5 N–H and O–H groups in total. The van der Waals surface area contributed by atoms with Gasteiger partial charge in [-0.3, -0.25) is 0 Å². The second-order valence-corrected chi connectivity index (χ2v) is 8.17. The van der Waals surface area contributed by atoms with Gasteiger partial charge in [0.25, 0.3) is 0 Å². The average Bonchev–Trinajstić information content (AvgIpc) is 2.77. The van der Waals surface area contributed by atoms with E-state index in [1.165, 1.54) is 25.3 Å². The Bertz CT molecular complexity index is 1080. The molecule has 1 aliphatic heterocycles. The molecule has 0 aliphatic carbocycles. The van der Waals surface area contributed by atoms with Crippen LogP contribution in [0.2, 0.25) is 0 Å². The maximum Gasteiger partial charge on any atom is 0.222 e. The lowest BCUT2D eigenvalue weighted by molar-refractivity contribution is 0.237. The number of aryl methyl sites for hydroxylation is 1. The summed E-state index contributed by atoms with van der Waals surface area (Å²) in [5.41, 5.74) is 8.73. The quantitative estimate of drug-likeness (QED) is 0.404. The maximum atomic E-state index is 14.2. The van der Waals surface area contributed by atoms with Crippen molar-refractivity contribution in [2.24, 2.45) is 0 Å². The Hall–Kier alpha value is -3.39. The van der Waals surface area contributed by atoms with E-state index in [0.29, 0.717) is 28.5 Å². The smallest absolute Gasteiger partial charge is 0.222 e. The zero-order valence-electron chi connectivity index (χ0n) is 18.2. The number of nitrogens with zero attached hydrogens (tertiary/aromatic N) is 3. The molecule has 0 saturated carbocycles. The van der Waals surface area contributed by atoms with Crippen LogP contribution in [0, 0.1) is 12.7 Å². The molecule has 0 radical (unpaired) electrons. The molecule has 2 heterocycles. The molecule has 0 bridgehead atoms. The number of benzene rings is 2. The third-order valence-corrected chi connectivity index (χ3v) is 5.60. The number of phenols is 1. The van der Waals surface area contributed by atoms with Crippen molar-refractivity contribution < 1.29 is 9.50 Å². The molecule has 1 aliphatic rings. The molecule has 32 heavy (non-hydrogen) atoms. The number of halogens is 1. The molecule has 0 spiro atoms. The van der Waals surface area contributed by atoms with Gasteiger partial charge in [-0.1, -0.05) is 12.5 Å². The third kappa shape index (κ3) is 5.45. The van der Waals surface area contributed by atoms with Gasteiger partial charge in [0.15, 0.2) is 0 Å². The second kappa shape index (κ2) is 9.82. The predicted molar refractivity (Wildman–Crippen MR) is 127 cm³/mol. The molecule has 2 aromatic carbocycles. The summed E-state index contributed by atoms with van der Waals surface area (Å²) in [4.78, 5) is 11.0. The largest absolute Gasteiger partial charge is 0.507 e. The van der Waals surface area contributed by atoms with Gasteiger partial charge in [0.1, 0.15) is 17.4 Å². The normalized spacial score (nSPS) is 14.3. The van der Waals surface area contributed by atoms with Crippen molar-refractivity contribution >= 4 is 23.1 Å². The summed E-state index contributed by atoms with van der Waals surface area (Å²) in [6, 6.07) is 11.7. The molecule has 8 heteroatoms. The van der Waals surface area contributed by atoms with Crippen LogP contribution in [-0.4, -0.2) is 46.2 Å². The number of phenolic OH excluding ortho intramolecular Hbond substituents is 1. The summed E-state index contributed by atoms with van der Waals surface area (Å²) < 4.78 is 14.2. The molecule has 168 valence electrons. The number of hydrogen-bond acceptors (Lipinski definition) is 7. The first-order valence-electron chi connectivity index (χ1n) is 11.0. The Kier molecular flexibility index (Phi) is 6.70. The van der Waals surface area contributed by atoms with E-state index in [-0.39, 0.29) is 17.5 Å². The minimum Gasteiger partial charge on any atom is -0.507 e. The van der Waals surface area contributed by atoms with Gasteiger partial charge in [-0.2, -0.15) is 4.98 Å². The van der Waals surface area contributed by atoms with Crippen molar-refractivity contribution in [2.45, 2.75) is 26.2 Å². The number of aromatic nitrogens is 2. The van der Waals surface area contributed by atoms with Crippen molar-refractivity contribution in [1.29, 1.82) is 0 Å². The van der Waals surface area contributed by atoms with Crippen molar-refractivity contribution in [2.75, 3.05) is 42.5 Å². The number of likely N-dealkylation sites (tertiary alicyclic amines) is 1. The zero-order valence-corrected chi connectivity index (χ0v) is 18.2. The average molecular weight is 437 g/mol. The Labute approximate surface area is 187 Å². The molecule has 7 nitrogen and oxygen atoms in total. The number of hydrogen-bond donors (Lipinski definition) is 4. The van der Waals surface area contributed by atoms with E-state index in [1.807, 2.05) is 13.0 Å². The minimum atomic E-state index is -0.342. The van der Waals surface area contributed by atoms with E-state index >= 15 is 0 Å². The molecule has 1 fully saturated rings. The van der Waals surface area contributed by atoms with Gasteiger partial charge in [-0.25, -0.2) is 9.37 Å². The summed E-state index contributed by atoms with van der Waals surface area (Å²) in [5.74, 6) is 0.431. The summed E-state index contributed by atoms with van der Waals surface area (Å²) in [5, 5.41) is 16.8. The molecule has 0 amide bonds. The first kappa shape index (κ1) is 21.8. The Morgan fingerprint density at radius 2 is 1.88 bits per heavy atom. The van der Waals surface area contributed by atoms with Gasteiger partial charge in [-0.05, 0) is 68.8 Å². The van der Waals surface area contributed by atoms with Crippen LogP contribution in [0.3, 0.4) is 0 Å². The highest BCUT2D eigenvalue weighted by Gasteiger charge is 2.13. The first-order chi connectivity index (χ1) is 15.5. The summed E-state index contributed by atoms with van der Waals surface area (Å²) >= 11 is 0. The van der Waals surface area contributed by atoms with E-state index in [4.69, 9.17) is 5.73 Å². The van der Waals surface area contributed by atoms with Crippen molar-refractivity contribution in [3.05, 3.63) is 53.8 Å². The summed E-state index contributed by atoms with van der Waals surface area (Å²) in [6.45, 7) is 5.79. The Morgan fingerprint density at radius 1 is 1.06 bits per heavy atom. The van der Waals surface area contributed by atoms with Crippen molar-refractivity contribution in [3.8, 4) is 17.0 Å². The number of nitrogens with one attached hydrogen (secondary N) is 2. The molecule has 3 aromatic rings. The zero-order chi connectivity index (χ0) is 22.5. The Morgan fingerprint density at radius 3 is 2.66 bits per heavy atom. The van der Waals surface area contributed by atoms with E-state index in [9.17, 15) is 9.50 Å². The van der Waals surface area contributed by atoms with Crippen LogP contribution >= 0.6 is 0 Å². The van der Waals surface area contributed by atoms with Gasteiger partial charge in [0, 0.05) is 30.4 Å². The second-order valence-electron chi connectivity index (χ2n) is 8.17. The number of rotatable bonds is 7. The van der Waals surface area contributed by atoms with E-state index in [2.05, 4.69) is 25.5 Å². The molecule has 0 atom stereocenters. The number of aromatic hydroxyl groups is 1. The standard InChI is InChI=1S/C24H29FN6O/c1-16-5-7-20(19(25)13-16)28-17-6-8-22(32)18(14-17)21-15-23(30-24(26)29-21)27-9-12-31-10-3-2-4-11-31/h5-8,13-15,28,32H,2-4,9-12H2,1H3,(H3,26,27,29,30). The van der Waals surface area contributed by atoms with Crippen LogP contribution in [0.25, 0.3) is 11.3 Å². The van der Waals surface area contributed by atoms with Crippen LogP contribution in [0.1, 0.15) is 24.8 Å². The molecule has 0 unspecified atom stereocenters. The SMILES string of the molecule is Cc1ccc(Nc2ccc(O)c(-c3cc(NCCN4CCCCC4)nc(N)n3)c2)c(F)c1. The predicted octanol–water partition coefficient (Wildman–Crippen LogP) is 4.52.